The number of benzene rings is 1. The van der Waals surface area contributed by atoms with Crippen molar-refractivity contribution in [1.82, 2.24) is 5.16 Å². The zero-order chi connectivity index (χ0) is 12.4. The van der Waals surface area contributed by atoms with Crippen LogP contribution in [0.3, 0.4) is 0 Å². The molecule has 0 saturated carbocycles. The van der Waals surface area contributed by atoms with Gasteiger partial charge in [-0.25, -0.2) is 0 Å². The molecule has 90 valence electrons. The Morgan fingerprint density at radius 1 is 1.41 bits per heavy atom. The highest BCUT2D eigenvalue weighted by molar-refractivity contribution is 6.31. The Hall–Kier alpha value is -1.68. The summed E-state index contributed by atoms with van der Waals surface area (Å²) in [5.74, 6) is 1.69. The van der Waals surface area contributed by atoms with Gasteiger partial charge in [0.05, 0.1) is 7.11 Å². The van der Waals surface area contributed by atoms with Crippen molar-refractivity contribution in [1.29, 1.82) is 0 Å². The van der Waals surface area contributed by atoms with Gasteiger partial charge in [0.15, 0.2) is 11.6 Å². The summed E-state index contributed by atoms with van der Waals surface area (Å²) in [6, 6.07) is 5.27. The van der Waals surface area contributed by atoms with Gasteiger partial charge >= 0.3 is 0 Å². The number of aromatic nitrogens is 1. The van der Waals surface area contributed by atoms with Crippen molar-refractivity contribution < 1.29 is 9.26 Å². The minimum atomic E-state index is 0.348. The Balaban J connectivity index is 2.63. The smallest absolute Gasteiger partial charge is 0.169 e. The molecular formula is C12H13ClN2O2. The lowest BCUT2D eigenvalue weighted by Crippen LogP contribution is -1.94. The number of nitrogens with zero attached hydrogens (tertiary/aromatic N) is 1. The predicted molar refractivity (Wildman–Crippen MR) is 67.3 cm³/mol. The molecule has 0 bridgehead atoms. The lowest BCUT2D eigenvalue weighted by atomic mass is 10.0. The van der Waals surface area contributed by atoms with Crippen LogP contribution in [0, 0.1) is 0 Å². The molecule has 0 unspecified atom stereocenters. The van der Waals surface area contributed by atoms with E-state index in [-0.39, 0.29) is 0 Å². The van der Waals surface area contributed by atoms with Crippen LogP contribution in [-0.2, 0) is 6.42 Å². The van der Waals surface area contributed by atoms with E-state index in [4.69, 9.17) is 26.6 Å². The van der Waals surface area contributed by atoms with Crippen LogP contribution in [-0.4, -0.2) is 12.3 Å². The first-order valence-electron chi connectivity index (χ1n) is 5.24. The maximum Gasteiger partial charge on any atom is 0.169 e. The molecule has 0 fully saturated rings. The second-order valence-corrected chi connectivity index (χ2v) is 4.04. The van der Waals surface area contributed by atoms with E-state index >= 15 is 0 Å². The summed E-state index contributed by atoms with van der Waals surface area (Å²) in [7, 11) is 1.61. The molecule has 1 aromatic carbocycles. The fourth-order valence-electron chi connectivity index (χ4n) is 1.79. The number of hydrogen-bond donors (Lipinski definition) is 1. The summed E-state index contributed by atoms with van der Waals surface area (Å²) in [6.45, 7) is 2.04. The number of hydrogen-bond acceptors (Lipinski definition) is 4. The van der Waals surface area contributed by atoms with Gasteiger partial charge in [-0.3, -0.25) is 0 Å². The number of rotatable bonds is 3. The molecule has 1 aromatic heterocycles. The first-order chi connectivity index (χ1) is 8.15. The number of nitrogen functional groups attached to an aromatic ring is 1. The average molecular weight is 253 g/mol. The van der Waals surface area contributed by atoms with Crippen molar-refractivity contribution in [2.24, 2.45) is 0 Å². The third-order valence-corrected chi connectivity index (χ3v) is 2.76. The Kier molecular flexibility index (Phi) is 3.24. The predicted octanol–water partition coefficient (Wildman–Crippen LogP) is 3.15. The van der Waals surface area contributed by atoms with E-state index in [0.717, 1.165) is 23.3 Å². The summed E-state index contributed by atoms with van der Waals surface area (Å²) in [5.41, 5.74) is 7.43. The van der Waals surface area contributed by atoms with Gasteiger partial charge < -0.3 is 15.0 Å². The Labute approximate surface area is 104 Å². The first kappa shape index (κ1) is 11.8. The van der Waals surface area contributed by atoms with Gasteiger partial charge in [-0.1, -0.05) is 23.7 Å². The molecule has 0 atom stereocenters. The lowest BCUT2D eigenvalue weighted by molar-refractivity contribution is 0.409. The van der Waals surface area contributed by atoms with Crippen molar-refractivity contribution in [3.8, 4) is 17.1 Å². The zero-order valence-corrected chi connectivity index (χ0v) is 10.4. The number of ether oxygens (including phenoxy) is 1. The standard InChI is InChI=1S/C12H13ClN2O2/c1-3-8-9(11-6-12(14)15-17-11)4-7(13)5-10(8)16-2/h4-6H,3H2,1-2H3,(H2,14,15). The normalized spacial score (nSPS) is 10.5. The summed E-state index contributed by atoms with van der Waals surface area (Å²) >= 11 is 6.04. The average Bonchev–Trinajstić information content (AvgIpc) is 2.74. The van der Waals surface area contributed by atoms with Gasteiger partial charge in [0, 0.05) is 22.2 Å². The van der Waals surface area contributed by atoms with E-state index in [1.54, 1.807) is 19.2 Å². The summed E-state index contributed by atoms with van der Waals surface area (Å²) in [5, 5.41) is 4.26. The van der Waals surface area contributed by atoms with Crippen molar-refractivity contribution in [2.45, 2.75) is 13.3 Å². The third kappa shape index (κ3) is 2.22. The van der Waals surface area contributed by atoms with Gasteiger partial charge in [-0.2, -0.15) is 0 Å². The molecule has 4 nitrogen and oxygen atoms in total. The van der Waals surface area contributed by atoms with Crippen LogP contribution in [0.1, 0.15) is 12.5 Å². The molecule has 2 N–H and O–H groups in total. The molecule has 0 saturated heterocycles. The highest BCUT2D eigenvalue weighted by atomic mass is 35.5. The summed E-state index contributed by atoms with van der Waals surface area (Å²) in [4.78, 5) is 0. The van der Waals surface area contributed by atoms with Gasteiger partial charge in [-0.15, -0.1) is 0 Å². The second-order valence-electron chi connectivity index (χ2n) is 3.60. The minimum Gasteiger partial charge on any atom is -0.496 e. The largest absolute Gasteiger partial charge is 0.496 e. The van der Waals surface area contributed by atoms with Gasteiger partial charge in [0.1, 0.15) is 5.75 Å². The Morgan fingerprint density at radius 2 is 2.18 bits per heavy atom. The maximum absolute atomic E-state index is 6.04. The Morgan fingerprint density at radius 3 is 2.71 bits per heavy atom. The van der Waals surface area contributed by atoms with Crippen molar-refractivity contribution in [3.63, 3.8) is 0 Å². The molecule has 0 amide bonds. The van der Waals surface area contributed by atoms with Crippen LogP contribution in [0.5, 0.6) is 5.75 Å². The quantitative estimate of drug-likeness (QED) is 0.912. The highest BCUT2D eigenvalue weighted by Gasteiger charge is 2.14. The van der Waals surface area contributed by atoms with Crippen molar-refractivity contribution in [2.75, 3.05) is 12.8 Å². The van der Waals surface area contributed by atoms with Gasteiger partial charge in [0.25, 0.3) is 0 Å². The van der Waals surface area contributed by atoms with Crippen LogP contribution in [0.4, 0.5) is 5.82 Å². The molecule has 17 heavy (non-hydrogen) atoms. The molecule has 0 aliphatic heterocycles. The molecule has 0 radical (unpaired) electrons. The van der Waals surface area contributed by atoms with Crippen LogP contribution in [0.15, 0.2) is 22.7 Å². The molecule has 2 aromatic rings. The van der Waals surface area contributed by atoms with Crippen LogP contribution in [0.2, 0.25) is 5.02 Å². The van der Waals surface area contributed by atoms with Crippen LogP contribution in [0.25, 0.3) is 11.3 Å². The lowest BCUT2D eigenvalue weighted by Gasteiger charge is -2.11. The number of anilines is 1. The van der Waals surface area contributed by atoms with E-state index < -0.39 is 0 Å². The van der Waals surface area contributed by atoms with Crippen molar-refractivity contribution in [3.05, 3.63) is 28.8 Å². The molecule has 5 heteroatoms. The van der Waals surface area contributed by atoms with Crippen molar-refractivity contribution >= 4 is 17.4 Å². The van der Waals surface area contributed by atoms with Crippen LogP contribution < -0.4 is 10.5 Å². The van der Waals surface area contributed by atoms with E-state index in [9.17, 15) is 0 Å². The minimum absolute atomic E-state index is 0.348. The molecule has 0 spiro atoms. The van der Waals surface area contributed by atoms with Gasteiger partial charge in [0.2, 0.25) is 0 Å². The fourth-order valence-corrected chi connectivity index (χ4v) is 2.00. The Bertz CT molecular complexity index is 537. The molecular weight excluding hydrogens is 240 g/mol. The van der Waals surface area contributed by atoms with E-state index in [1.165, 1.54) is 0 Å². The second kappa shape index (κ2) is 4.67. The highest BCUT2D eigenvalue weighted by Crippen LogP contribution is 2.35. The van der Waals surface area contributed by atoms with Gasteiger partial charge in [-0.05, 0) is 18.6 Å². The zero-order valence-electron chi connectivity index (χ0n) is 9.66. The number of halogens is 1. The monoisotopic (exact) mass is 252 g/mol. The number of nitrogens with two attached hydrogens (primary N) is 1. The summed E-state index contributed by atoms with van der Waals surface area (Å²) < 4.78 is 10.5. The third-order valence-electron chi connectivity index (χ3n) is 2.54. The first-order valence-corrected chi connectivity index (χ1v) is 5.62. The maximum atomic E-state index is 6.04. The fraction of sp³-hybridized carbons (Fsp3) is 0.250. The van der Waals surface area contributed by atoms with E-state index in [1.807, 2.05) is 13.0 Å². The molecule has 2 rings (SSSR count). The SMILES string of the molecule is CCc1c(OC)cc(Cl)cc1-c1cc(N)no1. The molecule has 0 aliphatic rings. The molecule has 1 heterocycles. The topological polar surface area (TPSA) is 61.3 Å². The van der Waals surface area contributed by atoms with E-state index in [0.29, 0.717) is 16.6 Å². The number of methoxy groups -OCH3 is 1. The van der Waals surface area contributed by atoms with Crippen LogP contribution >= 0.6 is 11.6 Å². The summed E-state index contributed by atoms with van der Waals surface area (Å²) in [6.07, 6.45) is 0.802. The van der Waals surface area contributed by atoms with E-state index in [2.05, 4.69) is 5.16 Å². The molecule has 0 aliphatic carbocycles.